The van der Waals surface area contributed by atoms with Crippen molar-refractivity contribution in [2.24, 2.45) is 0 Å². The first kappa shape index (κ1) is 16.7. The second-order valence-corrected chi connectivity index (χ2v) is 6.39. The first-order valence-corrected chi connectivity index (χ1v) is 8.02. The van der Waals surface area contributed by atoms with Gasteiger partial charge in [0.1, 0.15) is 5.25 Å². The number of rotatable bonds is 4. The van der Waals surface area contributed by atoms with Gasteiger partial charge in [-0.05, 0) is 30.5 Å². The monoisotopic (exact) mass is 324 g/mol. The number of methoxy groups -OCH3 is 3. The minimum Gasteiger partial charge on any atom is -0.493 e. The summed E-state index contributed by atoms with van der Waals surface area (Å²) in [5.41, 5.74) is 1.39. The van der Waals surface area contributed by atoms with Crippen LogP contribution in [0.15, 0.2) is 12.1 Å². The number of carbonyl (C=O) groups excluding carboxylic acids is 2. The molecule has 1 aliphatic heterocycles. The summed E-state index contributed by atoms with van der Waals surface area (Å²) in [5.74, 6) is 0.789. The zero-order valence-electron chi connectivity index (χ0n) is 13.2. The fourth-order valence-corrected chi connectivity index (χ4v) is 3.88. The van der Waals surface area contributed by atoms with Gasteiger partial charge in [0.15, 0.2) is 17.3 Å². The van der Waals surface area contributed by atoms with E-state index in [1.807, 2.05) is 6.92 Å². The highest BCUT2D eigenvalue weighted by atomic mass is 32.2. The Morgan fingerprint density at radius 1 is 1.23 bits per heavy atom. The minimum absolute atomic E-state index is 0.0230. The van der Waals surface area contributed by atoms with E-state index in [4.69, 9.17) is 14.2 Å². The summed E-state index contributed by atoms with van der Waals surface area (Å²) in [6, 6.07) is 3.49. The van der Waals surface area contributed by atoms with E-state index in [0.29, 0.717) is 29.9 Å². The molecule has 0 aromatic heterocycles. The molecule has 0 amide bonds. The lowest BCUT2D eigenvalue weighted by molar-refractivity contribution is -0.139. The van der Waals surface area contributed by atoms with Gasteiger partial charge in [-0.2, -0.15) is 0 Å². The molecule has 0 saturated heterocycles. The van der Waals surface area contributed by atoms with Gasteiger partial charge in [0.05, 0.1) is 26.6 Å². The number of ether oxygens (including phenoxy) is 3. The molecule has 0 aliphatic carbocycles. The van der Waals surface area contributed by atoms with E-state index in [0.717, 1.165) is 5.56 Å². The SMILES string of the molecule is CC[C@@H]1S[C@@H](C(=O)OC)Cc2cc(OC)c(OC)cc2C1=O. The molecule has 5 nitrogen and oxygen atoms in total. The van der Waals surface area contributed by atoms with Crippen LogP contribution in [0.2, 0.25) is 0 Å². The Kier molecular flexibility index (Phi) is 5.34. The van der Waals surface area contributed by atoms with E-state index in [-0.39, 0.29) is 17.0 Å². The van der Waals surface area contributed by atoms with E-state index in [9.17, 15) is 9.59 Å². The molecule has 0 bridgehead atoms. The molecule has 22 heavy (non-hydrogen) atoms. The molecule has 0 saturated carbocycles. The zero-order valence-corrected chi connectivity index (χ0v) is 14.0. The van der Waals surface area contributed by atoms with Crippen molar-refractivity contribution in [2.45, 2.75) is 30.3 Å². The Morgan fingerprint density at radius 2 is 1.86 bits per heavy atom. The summed E-state index contributed by atoms with van der Waals surface area (Å²) >= 11 is 1.37. The lowest BCUT2D eigenvalue weighted by atomic mass is 9.96. The van der Waals surface area contributed by atoms with Gasteiger partial charge in [-0.25, -0.2) is 0 Å². The van der Waals surface area contributed by atoms with Gasteiger partial charge < -0.3 is 14.2 Å². The van der Waals surface area contributed by atoms with Crippen LogP contribution in [-0.2, 0) is 16.0 Å². The number of Topliss-reactive ketones (excluding diaryl/α,β-unsaturated/α-hetero) is 1. The summed E-state index contributed by atoms with van der Waals surface area (Å²) in [6.07, 6.45) is 1.10. The second-order valence-electron chi connectivity index (χ2n) is 4.98. The minimum atomic E-state index is -0.391. The van der Waals surface area contributed by atoms with Crippen LogP contribution in [-0.4, -0.2) is 43.6 Å². The van der Waals surface area contributed by atoms with Crippen LogP contribution in [0.3, 0.4) is 0 Å². The molecular weight excluding hydrogens is 304 g/mol. The Morgan fingerprint density at radius 3 is 2.41 bits per heavy atom. The predicted molar refractivity (Wildman–Crippen MR) is 85.1 cm³/mol. The third-order valence-corrected chi connectivity index (χ3v) is 5.30. The van der Waals surface area contributed by atoms with E-state index < -0.39 is 5.25 Å². The van der Waals surface area contributed by atoms with Crippen molar-refractivity contribution in [3.05, 3.63) is 23.3 Å². The highest BCUT2D eigenvalue weighted by molar-refractivity contribution is 8.01. The molecule has 0 N–H and O–H groups in total. The molecule has 2 atom stereocenters. The Balaban J connectivity index is 2.53. The molecule has 0 spiro atoms. The Bertz CT molecular complexity index is 584. The highest BCUT2D eigenvalue weighted by Crippen LogP contribution is 2.38. The van der Waals surface area contributed by atoms with Crippen LogP contribution in [0.5, 0.6) is 11.5 Å². The molecule has 2 rings (SSSR count). The average molecular weight is 324 g/mol. The first-order valence-electron chi connectivity index (χ1n) is 7.08. The van der Waals surface area contributed by atoms with E-state index in [1.165, 1.54) is 26.0 Å². The molecule has 1 heterocycles. The van der Waals surface area contributed by atoms with Crippen molar-refractivity contribution in [2.75, 3.05) is 21.3 Å². The van der Waals surface area contributed by atoms with Crippen molar-refractivity contribution in [1.82, 2.24) is 0 Å². The van der Waals surface area contributed by atoms with E-state index >= 15 is 0 Å². The summed E-state index contributed by atoms with van der Waals surface area (Å²) in [6.45, 7) is 1.94. The van der Waals surface area contributed by atoms with Crippen molar-refractivity contribution in [3.8, 4) is 11.5 Å². The fourth-order valence-electron chi connectivity index (χ4n) is 2.55. The molecule has 0 unspecified atom stereocenters. The maximum absolute atomic E-state index is 12.7. The van der Waals surface area contributed by atoms with Gasteiger partial charge >= 0.3 is 5.97 Å². The number of hydrogen-bond donors (Lipinski definition) is 0. The van der Waals surface area contributed by atoms with Crippen LogP contribution >= 0.6 is 11.8 Å². The standard InChI is InChI=1S/C16H20O5S/c1-5-13-15(17)10-8-12(20-3)11(19-2)6-9(10)7-14(22-13)16(18)21-4/h6,8,13-14H,5,7H2,1-4H3/t13-,14+/m0/s1. The molecule has 6 heteroatoms. The van der Waals surface area contributed by atoms with E-state index in [2.05, 4.69) is 0 Å². The molecule has 120 valence electrons. The van der Waals surface area contributed by atoms with Gasteiger partial charge in [0, 0.05) is 5.56 Å². The van der Waals surface area contributed by atoms with Crippen molar-refractivity contribution in [3.63, 3.8) is 0 Å². The third kappa shape index (κ3) is 3.06. The average Bonchev–Trinajstić information content (AvgIpc) is 2.69. The van der Waals surface area contributed by atoms with Crippen LogP contribution in [0.25, 0.3) is 0 Å². The van der Waals surface area contributed by atoms with Crippen molar-refractivity contribution in [1.29, 1.82) is 0 Å². The second kappa shape index (κ2) is 7.05. The summed E-state index contributed by atoms with van der Waals surface area (Å²) in [4.78, 5) is 24.7. The highest BCUT2D eigenvalue weighted by Gasteiger charge is 2.34. The molecule has 1 aromatic carbocycles. The fraction of sp³-hybridized carbons (Fsp3) is 0.500. The van der Waals surface area contributed by atoms with Crippen LogP contribution < -0.4 is 9.47 Å². The normalized spacial score (nSPS) is 20.8. The van der Waals surface area contributed by atoms with E-state index in [1.54, 1.807) is 19.2 Å². The Labute approximate surface area is 134 Å². The lowest BCUT2D eigenvalue weighted by Crippen LogP contribution is -2.24. The summed E-state index contributed by atoms with van der Waals surface area (Å²) in [7, 11) is 4.45. The van der Waals surface area contributed by atoms with Gasteiger partial charge in [-0.3, -0.25) is 9.59 Å². The van der Waals surface area contributed by atoms with Crippen molar-refractivity contribution >= 4 is 23.5 Å². The molecule has 0 radical (unpaired) electrons. The topological polar surface area (TPSA) is 61.8 Å². The number of ketones is 1. The lowest BCUT2D eigenvalue weighted by Gasteiger charge is -2.15. The number of esters is 1. The van der Waals surface area contributed by atoms with Crippen LogP contribution in [0.4, 0.5) is 0 Å². The van der Waals surface area contributed by atoms with Crippen molar-refractivity contribution < 1.29 is 23.8 Å². The molecule has 0 fully saturated rings. The number of thioether (sulfide) groups is 1. The maximum atomic E-state index is 12.7. The van der Waals surface area contributed by atoms with Gasteiger partial charge in [-0.15, -0.1) is 11.8 Å². The molecule has 1 aromatic rings. The van der Waals surface area contributed by atoms with Gasteiger partial charge in [0.2, 0.25) is 0 Å². The predicted octanol–water partition coefficient (Wildman–Crippen LogP) is 2.50. The van der Waals surface area contributed by atoms with Gasteiger partial charge in [0.25, 0.3) is 0 Å². The smallest absolute Gasteiger partial charge is 0.319 e. The quantitative estimate of drug-likeness (QED) is 0.793. The summed E-state index contributed by atoms with van der Waals surface area (Å²) < 4.78 is 15.4. The molecule has 1 aliphatic rings. The van der Waals surface area contributed by atoms with Crippen LogP contribution in [0, 0.1) is 0 Å². The number of benzene rings is 1. The van der Waals surface area contributed by atoms with Gasteiger partial charge in [-0.1, -0.05) is 6.92 Å². The number of hydrogen-bond acceptors (Lipinski definition) is 6. The molecular formula is C16H20O5S. The summed E-state index contributed by atoms with van der Waals surface area (Å²) in [5, 5.41) is -0.651. The number of carbonyl (C=O) groups is 2. The van der Waals surface area contributed by atoms with Crippen LogP contribution in [0.1, 0.15) is 29.3 Å². The maximum Gasteiger partial charge on any atom is 0.319 e. The largest absolute Gasteiger partial charge is 0.493 e. The third-order valence-electron chi connectivity index (χ3n) is 3.74. The Hall–Kier alpha value is -1.69. The zero-order chi connectivity index (χ0) is 16.3. The number of fused-ring (bicyclic) bond motifs is 1. The first-order chi connectivity index (χ1) is 10.5.